The summed E-state index contributed by atoms with van der Waals surface area (Å²) in [5.74, 6) is 1.97. The number of hydrogen-bond acceptors (Lipinski definition) is 5. The molecule has 0 radical (unpaired) electrons. The Hall–Kier alpha value is -0.940. The Morgan fingerprint density at radius 3 is 2.94 bits per heavy atom. The van der Waals surface area contributed by atoms with Gasteiger partial charge in [0, 0.05) is 18.9 Å². The van der Waals surface area contributed by atoms with Crippen molar-refractivity contribution < 1.29 is 9.26 Å². The summed E-state index contributed by atoms with van der Waals surface area (Å²) in [4.78, 5) is 7.00. The molecule has 3 rings (SSSR count). The van der Waals surface area contributed by atoms with Gasteiger partial charge in [0.05, 0.1) is 6.61 Å². The van der Waals surface area contributed by atoms with Crippen LogP contribution in [0, 0.1) is 0 Å². The molecule has 2 aliphatic rings. The summed E-state index contributed by atoms with van der Waals surface area (Å²) in [7, 11) is 0. The Kier molecular flexibility index (Phi) is 3.90. The number of nitrogens with zero attached hydrogens (tertiary/aromatic N) is 3. The van der Waals surface area contributed by atoms with Crippen molar-refractivity contribution in [3.8, 4) is 0 Å². The van der Waals surface area contributed by atoms with Gasteiger partial charge in [0.25, 0.3) is 0 Å². The van der Waals surface area contributed by atoms with Gasteiger partial charge < -0.3 is 14.2 Å². The van der Waals surface area contributed by atoms with Crippen LogP contribution in [0.1, 0.15) is 43.3 Å². The minimum atomic E-state index is 0.348. The van der Waals surface area contributed by atoms with Crippen molar-refractivity contribution in [1.82, 2.24) is 15.0 Å². The van der Waals surface area contributed by atoms with E-state index in [2.05, 4.69) is 15.0 Å². The minimum Gasteiger partial charge on any atom is -0.381 e. The van der Waals surface area contributed by atoms with Crippen molar-refractivity contribution in [3.05, 3.63) is 11.7 Å². The summed E-state index contributed by atoms with van der Waals surface area (Å²) in [6.07, 6.45) is 5.74. The number of likely N-dealkylation sites (tertiary alicyclic amines) is 1. The Balaban J connectivity index is 1.44. The van der Waals surface area contributed by atoms with E-state index < -0.39 is 0 Å². The highest BCUT2D eigenvalue weighted by molar-refractivity contribution is 4.97. The first kappa shape index (κ1) is 12.1. The molecular weight excluding hydrogens is 230 g/mol. The van der Waals surface area contributed by atoms with Crippen molar-refractivity contribution in [2.24, 2.45) is 0 Å². The maximum absolute atomic E-state index is 5.34. The molecule has 5 heteroatoms. The Labute approximate surface area is 107 Å². The fourth-order valence-corrected chi connectivity index (χ4v) is 2.73. The molecule has 1 aromatic rings. The van der Waals surface area contributed by atoms with Gasteiger partial charge >= 0.3 is 0 Å². The summed E-state index contributed by atoms with van der Waals surface area (Å²) in [6.45, 7) is 5.24. The lowest BCUT2D eigenvalue weighted by Crippen LogP contribution is -2.20. The van der Waals surface area contributed by atoms with Crippen LogP contribution in [0.5, 0.6) is 0 Å². The summed E-state index contributed by atoms with van der Waals surface area (Å²) in [5, 5.41) is 4.07. The summed E-state index contributed by atoms with van der Waals surface area (Å²) in [6, 6.07) is 0. The van der Waals surface area contributed by atoms with Crippen LogP contribution in [-0.2, 0) is 11.2 Å². The van der Waals surface area contributed by atoms with E-state index in [1.165, 1.54) is 25.9 Å². The molecule has 0 amide bonds. The van der Waals surface area contributed by atoms with Gasteiger partial charge in [0.2, 0.25) is 5.89 Å². The fourth-order valence-electron chi connectivity index (χ4n) is 2.73. The largest absolute Gasteiger partial charge is 0.381 e. The van der Waals surface area contributed by atoms with E-state index in [0.29, 0.717) is 5.92 Å². The average molecular weight is 251 g/mol. The Bertz CT molecular complexity index is 368. The molecule has 2 fully saturated rings. The third kappa shape index (κ3) is 2.90. The van der Waals surface area contributed by atoms with Gasteiger partial charge in [0.15, 0.2) is 5.82 Å². The zero-order valence-electron chi connectivity index (χ0n) is 10.8. The van der Waals surface area contributed by atoms with Crippen LogP contribution in [0.3, 0.4) is 0 Å². The molecule has 0 spiro atoms. The third-order valence-electron chi connectivity index (χ3n) is 3.84. The number of aryl methyl sites for hydroxylation is 1. The van der Waals surface area contributed by atoms with Gasteiger partial charge in [-0.05, 0) is 45.3 Å². The van der Waals surface area contributed by atoms with Crippen LogP contribution in [0.15, 0.2) is 4.52 Å². The lowest BCUT2D eigenvalue weighted by Gasteiger charge is -2.12. The zero-order chi connectivity index (χ0) is 12.2. The molecule has 3 heterocycles. The average Bonchev–Trinajstić information content (AvgIpc) is 3.12. The molecule has 0 aromatic carbocycles. The van der Waals surface area contributed by atoms with E-state index in [0.717, 1.165) is 50.7 Å². The molecular formula is C13H21N3O2. The topological polar surface area (TPSA) is 51.4 Å². The van der Waals surface area contributed by atoms with Crippen LogP contribution in [0.25, 0.3) is 0 Å². The molecule has 2 aliphatic heterocycles. The fraction of sp³-hybridized carbons (Fsp3) is 0.846. The lowest BCUT2D eigenvalue weighted by atomic mass is 10.1. The maximum Gasteiger partial charge on any atom is 0.226 e. The van der Waals surface area contributed by atoms with Gasteiger partial charge in [-0.2, -0.15) is 4.98 Å². The number of rotatable bonds is 5. The first-order valence-electron chi connectivity index (χ1n) is 7.04. The molecule has 0 N–H and O–H groups in total. The van der Waals surface area contributed by atoms with Gasteiger partial charge in [-0.3, -0.25) is 0 Å². The summed E-state index contributed by atoms with van der Waals surface area (Å²) >= 11 is 0. The van der Waals surface area contributed by atoms with Crippen molar-refractivity contribution in [2.75, 3.05) is 32.8 Å². The van der Waals surface area contributed by atoms with Crippen LogP contribution < -0.4 is 0 Å². The third-order valence-corrected chi connectivity index (χ3v) is 3.84. The quantitative estimate of drug-likeness (QED) is 0.795. The first-order valence-corrected chi connectivity index (χ1v) is 7.04. The highest BCUT2D eigenvalue weighted by Crippen LogP contribution is 2.22. The molecule has 1 aromatic heterocycles. The first-order chi connectivity index (χ1) is 8.92. The predicted octanol–water partition coefficient (Wildman–Crippen LogP) is 1.60. The molecule has 5 nitrogen and oxygen atoms in total. The second kappa shape index (κ2) is 5.80. The Morgan fingerprint density at radius 2 is 2.17 bits per heavy atom. The second-order valence-electron chi connectivity index (χ2n) is 5.26. The smallest absolute Gasteiger partial charge is 0.226 e. The highest BCUT2D eigenvalue weighted by Gasteiger charge is 2.23. The van der Waals surface area contributed by atoms with Gasteiger partial charge in [-0.1, -0.05) is 5.16 Å². The summed E-state index contributed by atoms with van der Waals surface area (Å²) < 4.78 is 10.6. The monoisotopic (exact) mass is 251 g/mol. The SMILES string of the molecule is C1CCN(CCCc2nc([C@H]3CCOC3)no2)C1. The van der Waals surface area contributed by atoms with Crippen molar-refractivity contribution in [1.29, 1.82) is 0 Å². The molecule has 1 atom stereocenters. The van der Waals surface area contributed by atoms with E-state index in [9.17, 15) is 0 Å². The normalized spacial score (nSPS) is 25.0. The predicted molar refractivity (Wildman–Crippen MR) is 66.5 cm³/mol. The standard InChI is InChI=1S/C13H21N3O2/c1-2-7-16(6-1)8-3-4-12-14-13(15-18-12)11-5-9-17-10-11/h11H,1-10H2/t11-/m0/s1. The minimum absolute atomic E-state index is 0.348. The van der Waals surface area contributed by atoms with Crippen molar-refractivity contribution in [2.45, 2.75) is 38.0 Å². The van der Waals surface area contributed by atoms with E-state index in [1.54, 1.807) is 0 Å². The van der Waals surface area contributed by atoms with Gasteiger partial charge in [0.1, 0.15) is 0 Å². The molecule has 2 saturated heterocycles. The van der Waals surface area contributed by atoms with Crippen LogP contribution >= 0.6 is 0 Å². The van der Waals surface area contributed by atoms with Gasteiger partial charge in [-0.15, -0.1) is 0 Å². The Morgan fingerprint density at radius 1 is 1.28 bits per heavy atom. The second-order valence-corrected chi connectivity index (χ2v) is 5.26. The number of aromatic nitrogens is 2. The van der Waals surface area contributed by atoms with Crippen LogP contribution in [0.2, 0.25) is 0 Å². The van der Waals surface area contributed by atoms with E-state index in [1.807, 2.05) is 0 Å². The van der Waals surface area contributed by atoms with Crippen LogP contribution in [0.4, 0.5) is 0 Å². The van der Waals surface area contributed by atoms with Crippen molar-refractivity contribution in [3.63, 3.8) is 0 Å². The molecule has 0 saturated carbocycles. The molecule has 0 bridgehead atoms. The maximum atomic E-state index is 5.34. The number of ether oxygens (including phenoxy) is 1. The van der Waals surface area contributed by atoms with Gasteiger partial charge in [-0.25, -0.2) is 0 Å². The number of hydrogen-bond donors (Lipinski definition) is 0. The molecule has 18 heavy (non-hydrogen) atoms. The van der Waals surface area contributed by atoms with Crippen LogP contribution in [-0.4, -0.2) is 47.9 Å². The van der Waals surface area contributed by atoms with Crippen molar-refractivity contribution >= 4 is 0 Å². The van der Waals surface area contributed by atoms with E-state index in [4.69, 9.17) is 9.26 Å². The lowest BCUT2D eigenvalue weighted by molar-refractivity contribution is 0.192. The summed E-state index contributed by atoms with van der Waals surface area (Å²) in [5.41, 5.74) is 0. The molecule has 0 unspecified atom stereocenters. The zero-order valence-corrected chi connectivity index (χ0v) is 10.8. The molecule has 100 valence electrons. The van der Waals surface area contributed by atoms with E-state index in [-0.39, 0.29) is 0 Å². The molecule has 0 aliphatic carbocycles. The van der Waals surface area contributed by atoms with E-state index >= 15 is 0 Å². The highest BCUT2D eigenvalue weighted by atomic mass is 16.5.